The Morgan fingerprint density at radius 3 is 2.29 bits per heavy atom. The predicted molar refractivity (Wildman–Crippen MR) is 115 cm³/mol. The first-order valence-corrected chi connectivity index (χ1v) is 11.6. The molecule has 0 heterocycles. The molecule has 0 amide bonds. The minimum Gasteiger partial charge on any atom is -0.206 e. The van der Waals surface area contributed by atoms with Crippen molar-refractivity contribution in [2.45, 2.75) is 89.9 Å². The van der Waals surface area contributed by atoms with E-state index in [0.717, 1.165) is 30.2 Å². The van der Waals surface area contributed by atoms with Gasteiger partial charge in [0.2, 0.25) is 0 Å². The molecule has 0 unspecified atom stereocenters. The van der Waals surface area contributed by atoms with Crippen LogP contribution in [0, 0.1) is 34.9 Å². The Bertz CT molecular complexity index is 670. The highest BCUT2D eigenvalue weighted by molar-refractivity contribution is 5.35. The van der Waals surface area contributed by atoms with Crippen LogP contribution < -0.4 is 0 Å². The van der Waals surface area contributed by atoms with Crippen molar-refractivity contribution in [3.05, 3.63) is 47.3 Å². The highest BCUT2D eigenvalue weighted by atomic mass is 19.1. The summed E-state index contributed by atoms with van der Waals surface area (Å²) in [5.74, 6) is 2.74. The van der Waals surface area contributed by atoms with Crippen molar-refractivity contribution < 1.29 is 4.39 Å². The third-order valence-electron chi connectivity index (χ3n) is 7.17. The summed E-state index contributed by atoms with van der Waals surface area (Å²) in [5, 5.41) is 8.88. The Hall–Kier alpha value is -1.62. The molecule has 2 aliphatic rings. The van der Waals surface area contributed by atoms with Crippen molar-refractivity contribution in [2.75, 3.05) is 0 Å². The molecule has 2 fully saturated rings. The molecule has 0 spiro atoms. The predicted octanol–water partition coefficient (Wildman–Crippen LogP) is 7.91. The van der Waals surface area contributed by atoms with Gasteiger partial charge in [0.25, 0.3) is 0 Å². The van der Waals surface area contributed by atoms with E-state index in [1.807, 2.05) is 12.1 Å². The van der Waals surface area contributed by atoms with Gasteiger partial charge < -0.3 is 0 Å². The normalized spacial score (nSPS) is 28.3. The maximum absolute atomic E-state index is 13.9. The number of halogens is 1. The van der Waals surface area contributed by atoms with Crippen molar-refractivity contribution in [1.82, 2.24) is 0 Å². The van der Waals surface area contributed by atoms with Crippen LogP contribution in [-0.2, 0) is 0 Å². The first-order valence-electron chi connectivity index (χ1n) is 11.6. The van der Waals surface area contributed by atoms with Crippen molar-refractivity contribution in [3.63, 3.8) is 0 Å². The van der Waals surface area contributed by atoms with Gasteiger partial charge in [-0.15, -0.1) is 0 Å². The van der Waals surface area contributed by atoms with Crippen molar-refractivity contribution in [1.29, 1.82) is 5.26 Å². The second-order valence-corrected chi connectivity index (χ2v) is 9.14. The SMILES string of the molecule is CCCC1CCC(CC/C=C/C2CCC(c3ccc(C#N)c(F)c3)CC2)CC1. The summed E-state index contributed by atoms with van der Waals surface area (Å²) in [5.41, 5.74) is 1.22. The first kappa shape index (κ1) is 21.1. The van der Waals surface area contributed by atoms with E-state index in [2.05, 4.69) is 19.1 Å². The Morgan fingerprint density at radius 2 is 1.68 bits per heavy atom. The zero-order valence-electron chi connectivity index (χ0n) is 17.5. The smallest absolute Gasteiger partial charge is 0.141 e. The minimum absolute atomic E-state index is 0.152. The molecule has 0 atom stereocenters. The lowest BCUT2D eigenvalue weighted by molar-refractivity contribution is 0.253. The molecule has 28 heavy (non-hydrogen) atoms. The summed E-state index contributed by atoms with van der Waals surface area (Å²) >= 11 is 0. The molecular weight excluding hydrogens is 345 g/mol. The van der Waals surface area contributed by atoms with E-state index in [4.69, 9.17) is 5.26 Å². The van der Waals surface area contributed by atoms with Gasteiger partial charge in [-0.05, 0) is 79.9 Å². The van der Waals surface area contributed by atoms with Crippen LogP contribution in [0.15, 0.2) is 30.4 Å². The topological polar surface area (TPSA) is 23.8 Å². The van der Waals surface area contributed by atoms with Crippen LogP contribution in [0.3, 0.4) is 0 Å². The van der Waals surface area contributed by atoms with E-state index in [1.54, 1.807) is 12.1 Å². The molecule has 0 radical (unpaired) electrons. The highest BCUT2D eigenvalue weighted by Crippen LogP contribution is 2.37. The molecule has 2 heteroatoms. The zero-order valence-corrected chi connectivity index (χ0v) is 17.5. The first-order chi connectivity index (χ1) is 13.7. The Labute approximate surface area is 171 Å². The summed E-state index contributed by atoms with van der Waals surface area (Å²) < 4.78 is 13.9. The number of nitrogens with zero attached hydrogens (tertiary/aromatic N) is 1. The van der Waals surface area contributed by atoms with Gasteiger partial charge in [0.1, 0.15) is 11.9 Å². The third-order valence-corrected chi connectivity index (χ3v) is 7.17. The highest BCUT2D eigenvalue weighted by Gasteiger charge is 2.22. The molecule has 3 rings (SSSR count). The van der Waals surface area contributed by atoms with E-state index in [0.29, 0.717) is 11.8 Å². The molecule has 1 aromatic carbocycles. The molecule has 0 aromatic heterocycles. The quantitative estimate of drug-likeness (QED) is 0.440. The van der Waals surface area contributed by atoms with Gasteiger partial charge >= 0.3 is 0 Å². The van der Waals surface area contributed by atoms with Gasteiger partial charge in [0, 0.05) is 0 Å². The van der Waals surface area contributed by atoms with Crippen LogP contribution in [0.1, 0.15) is 101 Å². The van der Waals surface area contributed by atoms with E-state index >= 15 is 0 Å². The standard InChI is InChI=1S/C26H36FN/c1-2-5-20-8-10-21(11-9-20)6-3-4-7-22-12-14-23(15-13-22)24-16-17-25(19-28)26(27)18-24/h4,7,16-18,20-23H,2-3,5-6,8-15H2,1H3/b7-4+. The number of allylic oxidation sites excluding steroid dienone is 2. The minimum atomic E-state index is -0.370. The molecule has 0 bridgehead atoms. The molecule has 2 aliphatic carbocycles. The van der Waals surface area contributed by atoms with Gasteiger partial charge in [-0.3, -0.25) is 0 Å². The molecule has 0 saturated heterocycles. The zero-order chi connectivity index (χ0) is 19.8. The van der Waals surface area contributed by atoms with Crippen LogP contribution in [0.5, 0.6) is 0 Å². The van der Waals surface area contributed by atoms with Crippen molar-refractivity contribution in [3.8, 4) is 6.07 Å². The monoisotopic (exact) mass is 381 g/mol. The van der Waals surface area contributed by atoms with Gasteiger partial charge in [-0.2, -0.15) is 5.26 Å². The van der Waals surface area contributed by atoms with Gasteiger partial charge in [0.05, 0.1) is 5.56 Å². The average molecular weight is 382 g/mol. The summed E-state index contributed by atoms with van der Waals surface area (Å²) in [4.78, 5) is 0. The molecule has 0 N–H and O–H groups in total. The number of nitriles is 1. The van der Waals surface area contributed by atoms with E-state index in [9.17, 15) is 4.39 Å². The lowest BCUT2D eigenvalue weighted by Crippen LogP contribution is -2.14. The number of hydrogen-bond donors (Lipinski definition) is 0. The van der Waals surface area contributed by atoms with Crippen LogP contribution >= 0.6 is 0 Å². The van der Waals surface area contributed by atoms with E-state index in [-0.39, 0.29) is 11.4 Å². The summed E-state index contributed by atoms with van der Waals surface area (Å²) in [6, 6.07) is 7.06. The second kappa shape index (κ2) is 10.8. The van der Waals surface area contributed by atoms with Crippen molar-refractivity contribution >= 4 is 0 Å². The molecule has 1 aromatic rings. The average Bonchev–Trinajstić information content (AvgIpc) is 2.73. The Morgan fingerprint density at radius 1 is 1.00 bits per heavy atom. The van der Waals surface area contributed by atoms with E-state index in [1.165, 1.54) is 64.2 Å². The second-order valence-electron chi connectivity index (χ2n) is 9.14. The number of rotatable bonds is 7. The number of hydrogen-bond acceptors (Lipinski definition) is 1. The van der Waals surface area contributed by atoms with E-state index < -0.39 is 0 Å². The molecule has 0 aliphatic heterocycles. The number of benzene rings is 1. The summed E-state index contributed by atoms with van der Waals surface area (Å²) in [6.45, 7) is 2.31. The largest absolute Gasteiger partial charge is 0.206 e. The molecule has 152 valence electrons. The van der Waals surface area contributed by atoms with Gasteiger partial charge in [0.15, 0.2) is 0 Å². The van der Waals surface area contributed by atoms with Crippen LogP contribution in [0.2, 0.25) is 0 Å². The summed E-state index contributed by atoms with van der Waals surface area (Å²) in [6.07, 6.45) is 20.8. The molecule has 2 saturated carbocycles. The van der Waals surface area contributed by atoms with Crippen molar-refractivity contribution in [2.24, 2.45) is 17.8 Å². The summed E-state index contributed by atoms with van der Waals surface area (Å²) in [7, 11) is 0. The van der Waals surface area contributed by atoms with Crippen LogP contribution in [0.25, 0.3) is 0 Å². The molecule has 1 nitrogen and oxygen atoms in total. The Kier molecular flexibility index (Phi) is 8.13. The lowest BCUT2D eigenvalue weighted by atomic mass is 9.77. The fourth-order valence-corrected chi connectivity index (χ4v) is 5.36. The Balaban J connectivity index is 1.35. The fourth-order valence-electron chi connectivity index (χ4n) is 5.36. The van der Waals surface area contributed by atoms with Gasteiger partial charge in [-0.25, -0.2) is 4.39 Å². The lowest BCUT2D eigenvalue weighted by Gasteiger charge is -2.28. The maximum Gasteiger partial charge on any atom is 0.141 e. The fraction of sp³-hybridized carbons (Fsp3) is 0.654. The third kappa shape index (κ3) is 5.94. The maximum atomic E-state index is 13.9. The van der Waals surface area contributed by atoms with Crippen LogP contribution in [-0.4, -0.2) is 0 Å². The van der Waals surface area contributed by atoms with Gasteiger partial charge in [-0.1, -0.05) is 63.7 Å². The van der Waals surface area contributed by atoms with Crippen LogP contribution in [0.4, 0.5) is 4.39 Å². The molecular formula is C26H36FN.